The van der Waals surface area contributed by atoms with Crippen LogP contribution in [0.2, 0.25) is 0 Å². The lowest BCUT2D eigenvalue weighted by Gasteiger charge is -2.18. The number of anilines is 1. The van der Waals surface area contributed by atoms with E-state index in [0.717, 1.165) is 15.5 Å². The average Bonchev–Trinajstić information content (AvgIpc) is 2.88. The van der Waals surface area contributed by atoms with E-state index in [0.29, 0.717) is 17.6 Å². The van der Waals surface area contributed by atoms with Gasteiger partial charge in [0.05, 0.1) is 6.67 Å². The second-order valence-electron chi connectivity index (χ2n) is 4.77. The highest BCUT2D eigenvalue weighted by molar-refractivity contribution is 8.01. The van der Waals surface area contributed by atoms with E-state index >= 15 is 0 Å². The number of nitrogens with one attached hydrogen (secondary N) is 1. The summed E-state index contributed by atoms with van der Waals surface area (Å²) >= 11 is 10.9. The van der Waals surface area contributed by atoms with Gasteiger partial charge in [-0.3, -0.25) is 4.90 Å². The molecule has 2 aromatic rings. The zero-order chi connectivity index (χ0) is 16.4. The Kier molecular flexibility index (Phi) is 4.68. The van der Waals surface area contributed by atoms with Crippen LogP contribution in [-0.4, -0.2) is 21.0 Å². The van der Waals surface area contributed by atoms with Crippen molar-refractivity contribution in [3.8, 4) is 11.1 Å². The maximum Gasteiger partial charge on any atom is 0.350 e. The topological polar surface area (TPSA) is 35.6 Å². The summed E-state index contributed by atoms with van der Waals surface area (Å²) in [5.74, 6) is 0. The molecule has 1 fully saturated rings. The number of hydrogen-bond donors (Lipinski definition) is 1. The van der Waals surface area contributed by atoms with Crippen molar-refractivity contribution in [3.63, 3.8) is 0 Å². The number of nitrogens with zero attached hydrogens (tertiary/aromatic N) is 2. The molecule has 1 aliphatic heterocycles. The highest BCUT2D eigenvalue weighted by atomic mass is 35.5. The SMILES string of the molecule is O=C1N(SC(F)(Cl)Cl)NCN1c1ccc(-c2ccccc2)cc1. The van der Waals surface area contributed by atoms with Crippen molar-refractivity contribution in [2.75, 3.05) is 11.6 Å². The largest absolute Gasteiger partial charge is 0.350 e. The van der Waals surface area contributed by atoms with Crippen LogP contribution in [0.15, 0.2) is 54.6 Å². The van der Waals surface area contributed by atoms with E-state index in [-0.39, 0.29) is 6.67 Å². The maximum absolute atomic E-state index is 13.2. The zero-order valence-corrected chi connectivity index (χ0v) is 14.1. The Labute approximate surface area is 147 Å². The summed E-state index contributed by atoms with van der Waals surface area (Å²) in [5.41, 5.74) is 5.55. The van der Waals surface area contributed by atoms with Gasteiger partial charge in [0.25, 0.3) is 0 Å². The Morgan fingerprint density at radius 2 is 1.65 bits per heavy atom. The van der Waals surface area contributed by atoms with Gasteiger partial charge in [-0.05, 0) is 23.3 Å². The van der Waals surface area contributed by atoms with Gasteiger partial charge < -0.3 is 0 Å². The number of hydrogen-bond acceptors (Lipinski definition) is 3. The van der Waals surface area contributed by atoms with Crippen molar-refractivity contribution >= 4 is 46.9 Å². The highest BCUT2D eigenvalue weighted by Gasteiger charge is 2.37. The van der Waals surface area contributed by atoms with Crippen molar-refractivity contribution in [1.29, 1.82) is 0 Å². The van der Waals surface area contributed by atoms with Crippen molar-refractivity contribution in [1.82, 2.24) is 9.84 Å². The van der Waals surface area contributed by atoms with E-state index in [2.05, 4.69) is 5.43 Å². The van der Waals surface area contributed by atoms with Gasteiger partial charge in [0.1, 0.15) is 0 Å². The van der Waals surface area contributed by atoms with Crippen LogP contribution in [-0.2, 0) is 0 Å². The number of rotatable bonds is 4. The lowest BCUT2D eigenvalue weighted by Crippen LogP contribution is -2.31. The average molecular weight is 372 g/mol. The summed E-state index contributed by atoms with van der Waals surface area (Å²) in [6.45, 7) is 0.209. The molecule has 1 saturated heterocycles. The van der Waals surface area contributed by atoms with Gasteiger partial charge in [0, 0.05) is 17.6 Å². The summed E-state index contributed by atoms with van der Waals surface area (Å²) in [6, 6.07) is 17.0. The van der Waals surface area contributed by atoms with Crippen molar-refractivity contribution in [2.45, 2.75) is 3.92 Å². The van der Waals surface area contributed by atoms with E-state index in [1.54, 1.807) is 0 Å². The van der Waals surface area contributed by atoms with E-state index in [1.165, 1.54) is 4.90 Å². The molecule has 2 amide bonds. The predicted octanol–water partition coefficient (Wildman–Crippen LogP) is 4.76. The maximum atomic E-state index is 13.2. The molecule has 0 spiro atoms. The normalized spacial score (nSPS) is 15.3. The highest BCUT2D eigenvalue weighted by Crippen LogP contribution is 2.39. The van der Waals surface area contributed by atoms with Gasteiger partial charge in [-0.15, -0.1) is 0 Å². The molecule has 1 heterocycles. The van der Waals surface area contributed by atoms with Gasteiger partial charge in [-0.2, -0.15) is 14.2 Å². The lowest BCUT2D eigenvalue weighted by atomic mass is 10.1. The summed E-state index contributed by atoms with van der Waals surface area (Å²) in [6.07, 6.45) is 0. The number of carbonyl (C=O) groups excluding carboxylic acids is 1. The van der Waals surface area contributed by atoms with E-state index < -0.39 is 9.95 Å². The molecular formula is C15H12Cl2FN3OS. The van der Waals surface area contributed by atoms with Crippen molar-refractivity contribution in [2.24, 2.45) is 0 Å². The predicted molar refractivity (Wildman–Crippen MR) is 92.7 cm³/mol. The molecule has 8 heteroatoms. The Hall–Kier alpha value is -1.47. The van der Waals surface area contributed by atoms with Crippen LogP contribution in [0.1, 0.15) is 0 Å². The van der Waals surface area contributed by atoms with Crippen LogP contribution >= 0.6 is 35.1 Å². The molecule has 0 bridgehead atoms. The molecule has 0 unspecified atom stereocenters. The minimum atomic E-state index is -2.57. The fraction of sp³-hybridized carbons (Fsp3) is 0.133. The third-order valence-corrected chi connectivity index (χ3v) is 4.35. The molecule has 0 aromatic heterocycles. The molecule has 0 saturated carbocycles. The van der Waals surface area contributed by atoms with Gasteiger partial charge in [0.15, 0.2) is 0 Å². The molecule has 0 aliphatic carbocycles. The molecule has 1 N–H and O–H groups in total. The molecule has 4 nitrogen and oxygen atoms in total. The summed E-state index contributed by atoms with van der Waals surface area (Å²) < 4.78 is 11.6. The van der Waals surface area contributed by atoms with Gasteiger partial charge in [0.2, 0.25) is 0 Å². The Balaban J connectivity index is 1.74. The summed E-state index contributed by atoms with van der Waals surface area (Å²) in [4.78, 5) is 13.7. The number of urea groups is 1. The van der Waals surface area contributed by atoms with Crippen LogP contribution in [0.5, 0.6) is 0 Å². The van der Waals surface area contributed by atoms with E-state index in [4.69, 9.17) is 23.2 Å². The van der Waals surface area contributed by atoms with Gasteiger partial charge in [-0.25, -0.2) is 4.79 Å². The van der Waals surface area contributed by atoms with Gasteiger partial charge >= 0.3 is 9.95 Å². The minimum Gasteiger partial charge on any atom is -0.278 e. The third kappa shape index (κ3) is 3.90. The molecule has 1 aliphatic rings. The molecule has 2 aromatic carbocycles. The number of amides is 2. The summed E-state index contributed by atoms with van der Waals surface area (Å²) in [7, 11) is 0. The number of halogens is 3. The first-order chi connectivity index (χ1) is 10.9. The molecule has 3 rings (SSSR count). The monoisotopic (exact) mass is 371 g/mol. The summed E-state index contributed by atoms with van der Waals surface area (Å²) in [5, 5.41) is 0. The molecule has 120 valence electrons. The second-order valence-corrected chi connectivity index (χ2v) is 7.56. The Bertz CT molecular complexity index is 694. The number of hydrazine groups is 1. The standard InChI is InChI=1S/C15H12Cl2FN3OS/c16-15(17,18)23-21-14(22)20(10-19-21)13-8-6-12(7-9-13)11-4-2-1-3-5-11/h1-9,19H,10H2. The Morgan fingerprint density at radius 3 is 2.26 bits per heavy atom. The fourth-order valence-electron chi connectivity index (χ4n) is 2.22. The first-order valence-corrected chi connectivity index (χ1v) is 8.23. The van der Waals surface area contributed by atoms with Crippen LogP contribution in [0.3, 0.4) is 0 Å². The van der Waals surface area contributed by atoms with Crippen LogP contribution < -0.4 is 10.3 Å². The van der Waals surface area contributed by atoms with E-state index in [1.807, 2.05) is 54.6 Å². The molecule has 23 heavy (non-hydrogen) atoms. The van der Waals surface area contributed by atoms with Crippen molar-refractivity contribution < 1.29 is 9.18 Å². The van der Waals surface area contributed by atoms with E-state index in [9.17, 15) is 9.18 Å². The third-order valence-electron chi connectivity index (χ3n) is 3.26. The molecular weight excluding hydrogens is 360 g/mol. The smallest absolute Gasteiger partial charge is 0.278 e. The zero-order valence-electron chi connectivity index (χ0n) is 11.7. The Morgan fingerprint density at radius 1 is 1.04 bits per heavy atom. The van der Waals surface area contributed by atoms with Crippen molar-refractivity contribution in [3.05, 3.63) is 54.6 Å². The lowest BCUT2D eigenvalue weighted by molar-refractivity contribution is 0.235. The quantitative estimate of drug-likeness (QED) is 0.621. The first kappa shape index (κ1) is 16.4. The second kappa shape index (κ2) is 6.57. The first-order valence-electron chi connectivity index (χ1n) is 6.70. The van der Waals surface area contributed by atoms with Crippen LogP contribution in [0, 0.1) is 0 Å². The van der Waals surface area contributed by atoms with Crippen LogP contribution in [0.25, 0.3) is 11.1 Å². The van der Waals surface area contributed by atoms with Gasteiger partial charge in [-0.1, -0.05) is 65.7 Å². The molecule has 0 radical (unpaired) electrons. The number of benzene rings is 2. The van der Waals surface area contributed by atoms with Crippen LogP contribution in [0.4, 0.5) is 14.9 Å². The number of alkyl halides is 3. The number of carbonyl (C=O) groups is 1. The minimum absolute atomic E-state index is 0.209. The fourth-order valence-corrected chi connectivity index (χ4v) is 3.14. The molecule has 0 atom stereocenters.